The smallest absolute Gasteiger partial charge is 0.217 e. The van der Waals surface area contributed by atoms with Crippen molar-refractivity contribution < 1.29 is 8.42 Å². The molecule has 1 aliphatic carbocycles. The summed E-state index contributed by atoms with van der Waals surface area (Å²) >= 11 is 0. The van der Waals surface area contributed by atoms with Gasteiger partial charge in [-0.15, -0.1) is 0 Å². The van der Waals surface area contributed by atoms with Crippen LogP contribution in [0.3, 0.4) is 0 Å². The van der Waals surface area contributed by atoms with Crippen LogP contribution in [-0.2, 0) is 10.3 Å². The molecule has 0 saturated carbocycles. The quantitative estimate of drug-likeness (QED) is 0.675. The molecule has 1 N–H and O–H groups in total. The van der Waals surface area contributed by atoms with E-state index in [4.69, 9.17) is 0 Å². The Labute approximate surface area is 79.7 Å². The van der Waals surface area contributed by atoms with Crippen LogP contribution in [0.15, 0.2) is 23.8 Å². The number of allylic oxidation sites excluding steroid dienone is 3. The maximum absolute atomic E-state index is 10.6. The minimum Gasteiger partial charge on any atom is -0.313 e. The maximum atomic E-state index is 10.6. The molecule has 0 radical (unpaired) electrons. The highest BCUT2D eigenvalue weighted by Crippen LogP contribution is 2.08. The van der Waals surface area contributed by atoms with Crippen molar-refractivity contribution >= 4 is 15.2 Å². The minimum atomic E-state index is -2.07. The highest BCUT2D eigenvalue weighted by Gasteiger charge is 2.05. The van der Waals surface area contributed by atoms with Crippen molar-refractivity contribution in [3.8, 4) is 0 Å². The van der Waals surface area contributed by atoms with Crippen molar-refractivity contribution in [2.45, 2.75) is 13.3 Å². The summed E-state index contributed by atoms with van der Waals surface area (Å²) in [5.41, 5.74) is 1.11. The van der Waals surface area contributed by atoms with Gasteiger partial charge in [0, 0.05) is 13.0 Å². The first kappa shape index (κ1) is 10.2. The first-order valence-corrected chi connectivity index (χ1v) is 5.33. The van der Waals surface area contributed by atoms with Crippen LogP contribution in [0.4, 0.5) is 0 Å². The van der Waals surface area contributed by atoms with E-state index < -0.39 is 10.3 Å². The molecule has 0 fully saturated rings. The van der Waals surface area contributed by atoms with Gasteiger partial charge in [-0.25, -0.2) is 0 Å². The van der Waals surface area contributed by atoms with Gasteiger partial charge in [-0.1, -0.05) is 24.6 Å². The fraction of sp³-hybridized carbons (Fsp3) is 0.444. The molecule has 0 atom stereocenters. The molecule has 13 heavy (non-hydrogen) atoms. The van der Waals surface area contributed by atoms with Gasteiger partial charge in [-0.05, 0) is 12.6 Å². The zero-order chi connectivity index (χ0) is 9.68. The first-order valence-electron chi connectivity index (χ1n) is 4.26. The van der Waals surface area contributed by atoms with Crippen molar-refractivity contribution in [2.24, 2.45) is 0 Å². The molecule has 0 heterocycles. The van der Waals surface area contributed by atoms with Crippen molar-refractivity contribution in [1.82, 2.24) is 5.32 Å². The van der Waals surface area contributed by atoms with Gasteiger partial charge in [-0.2, -0.15) is 8.42 Å². The third kappa shape index (κ3) is 3.16. The molecule has 1 rings (SSSR count). The van der Waals surface area contributed by atoms with Gasteiger partial charge >= 0.3 is 0 Å². The van der Waals surface area contributed by atoms with Crippen LogP contribution in [0, 0.1) is 0 Å². The third-order valence-electron chi connectivity index (χ3n) is 1.83. The molecular weight excluding hydrogens is 186 g/mol. The summed E-state index contributed by atoms with van der Waals surface area (Å²) in [7, 11) is -2.07. The Kier molecular flexibility index (Phi) is 3.92. The number of nitrogens with one attached hydrogen (secondary N) is 1. The maximum Gasteiger partial charge on any atom is 0.217 e. The van der Waals surface area contributed by atoms with Crippen LogP contribution in [0.1, 0.15) is 13.3 Å². The molecule has 0 unspecified atom stereocenters. The molecule has 4 heteroatoms. The lowest BCUT2D eigenvalue weighted by Crippen LogP contribution is -2.18. The van der Waals surface area contributed by atoms with E-state index in [2.05, 4.69) is 5.32 Å². The number of likely N-dealkylation sites (N-methyl/N-ethyl adjacent to an activating group) is 1. The largest absolute Gasteiger partial charge is 0.313 e. The van der Waals surface area contributed by atoms with Gasteiger partial charge < -0.3 is 5.32 Å². The Hall–Kier alpha value is -0.870. The van der Waals surface area contributed by atoms with Crippen molar-refractivity contribution in [1.29, 1.82) is 0 Å². The second-order valence-electron chi connectivity index (χ2n) is 2.84. The summed E-state index contributed by atoms with van der Waals surface area (Å²) in [6, 6.07) is 0. The fourth-order valence-corrected chi connectivity index (χ4v) is 1.65. The predicted octanol–water partition coefficient (Wildman–Crippen LogP) is 0.534. The minimum absolute atomic E-state index is 0.468. The zero-order valence-corrected chi connectivity index (χ0v) is 8.39. The van der Waals surface area contributed by atoms with E-state index >= 15 is 0 Å². The number of hydrogen-bond donors (Lipinski definition) is 1. The zero-order valence-electron chi connectivity index (χ0n) is 7.58. The van der Waals surface area contributed by atoms with Crippen LogP contribution in [0.5, 0.6) is 0 Å². The summed E-state index contributed by atoms with van der Waals surface area (Å²) in [6.07, 6.45) is 5.92. The van der Waals surface area contributed by atoms with E-state index in [1.165, 1.54) is 0 Å². The molecule has 3 nitrogen and oxygen atoms in total. The Bertz CT molecular complexity index is 355. The van der Waals surface area contributed by atoms with Gasteiger partial charge in [0.2, 0.25) is 10.3 Å². The average molecular weight is 199 g/mol. The fourth-order valence-electron chi connectivity index (χ4n) is 1.15. The lowest BCUT2D eigenvalue weighted by atomic mass is 10.1. The molecule has 0 saturated heterocycles. The van der Waals surface area contributed by atoms with E-state index in [-0.39, 0.29) is 0 Å². The van der Waals surface area contributed by atoms with E-state index in [1.54, 1.807) is 12.2 Å². The molecule has 0 bridgehead atoms. The van der Waals surface area contributed by atoms with Crippen LogP contribution in [0.2, 0.25) is 0 Å². The van der Waals surface area contributed by atoms with Crippen LogP contribution in [0.25, 0.3) is 0 Å². The van der Waals surface area contributed by atoms with Crippen molar-refractivity contribution in [2.75, 3.05) is 13.1 Å². The third-order valence-corrected chi connectivity index (χ3v) is 2.54. The second kappa shape index (κ2) is 4.99. The van der Waals surface area contributed by atoms with Crippen LogP contribution in [-0.4, -0.2) is 26.4 Å². The Balaban J connectivity index is 2.67. The Morgan fingerprint density at radius 1 is 1.54 bits per heavy atom. The highest BCUT2D eigenvalue weighted by molar-refractivity contribution is 7.73. The lowest BCUT2D eigenvalue weighted by Gasteiger charge is -2.08. The molecule has 0 aliphatic heterocycles. The molecule has 0 aromatic carbocycles. The van der Waals surface area contributed by atoms with E-state index in [0.29, 0.717) is 11.3 Å². The van der Waals surface area contributed by atoms with E-state index in [9.17, 15) is 8.42 Å². The Morgan fingerprint density at radius 2 is 2.31 bits per heavy atom. The monoisotopic (exact) mass is 199 g/mol. The molecule has 0 amide bonds. The van der Waals surface area contributed by atoms with Gasteiger partial charge in [0.15, 0.2) is 0 Å². The van der Waals surface area contributed by atoms with Gasteiger partial charge in [0.05, 0.1) is 4.86 Å². The Morgan fingerprint density at radius 3 is 2.92 bits per heavy atom. The molecule has 72 valence electrons. The second-order valence-corrected chi connectivity index (χ2v) is 3.84. The van der Waals surface area contributed by atoms with Gasteiger partial charge in [0.1, 0.15) is 0 Å². The number of rotatable bonds is 3. The standard InChI is InChI=1S/C9H13NO2S/c1-2-10-7-8-4-3-5-9(6-8)13(11)12/h3-5,10H,2,6-7H2,1H3. The molecule has 0 aromatic rings. The summed E-state index contributed by atoms with van der Waals surface area (Å²) in [4.78, 5) is 0.468. The topological polar surface area (TPSA) is 46.2 Å². The van der Waals surface area contributed by atoms with E-state index in [1.807, 2.05) is 13.0 Å². The van der Waals surface area contributed by atoms with Gasteiger partial charge in [-0.3, -0.25) is 0 Å². The highest BCUT2D eigenvalue weighted by atomic mass is 32.2. The summed E-state index contributed by atoms with van der Waals surface area (Å²) < 4.78 is 21.3. The predicted molar refractivity (Wildman–Crippen MR) is 54.3 cm³/mol. The molecule has 0 aromatic heterocycles. The summed E-state index contributed by atoms with van der Waals surface area (Å²) in [5, 5.41) is 3.16. The summed E-state index contributed by atoms with van der Waals surface area (Å²) in [6.45, 7) is 3.69. The van der Waals surface area contributed by atoms with Crippen LogP contribution < -0.4 is 5.32 Å². The molecule has 0 spiro atoms. The summed E-state index contributed by atoms with van der Waals surface area (Å²) in [5.74, 6) is 0. The first-order chi connectivity index (χ1) is 6.24. The van der Waals surface area contributed by atoms with Crippen molar-refractivity contribution in [3.63, 3.8) is 0 Å². The van der Waals surface area contributed by atoms with E-state index in [0.717, 1.165) is 18.7 Å². The molecular formula is C9H13NO2S. The SMILES string of the molecule is CCNCC1=CC=CC(=S(=O)=O)C1. The number of hydrogen-bond acceptors (Lipinski definition) is 3. The van der Waals surface area contributed by atoms with Gasteiger partial charge in [0.25, 0.3) is 0 Å². The average Bonchev–Trinajstić information content (AvgIpc) is 2.15. The van der Waals surface area contributed by atoms with Crippen LogP contribution >= 0.6 is 0 Å². The molecule has 1 aliphatic rings. The van der Waals surface area contributed by atoms with Crippen molar-refractivity contribution in [3.05, 3.63) is 23.8 Å². The lowest BCUT2D eigenvalue weighted by molar-refractivity contribution is 0.627. The normalized spacial score (nSPS) is 15.8.